The molecule has 0 heteroatoms. The van der Waals surface area contributed by atoms with E-state index in [0.717, 1.165) is 5.92 Å². The largest absolute Gasteiger partial charge is 0.0914 e. The fourth-order valence-corrected chi connectivity index (χ4v) is 1.43. The van der Waals surface area contributed by atoms with Crippen LogP contribution in [-0.4, -0.2) is 0 Å². The Morgan fingerprint density at radius 2 is 2.40 bits per heavy atom. The summed E-state index contributed by atoms with van der Waals surface area (Å²) in [7, 11) is 0. The summed E-state index contributed by atoms with van der Waals surface area (Å²) in [5.74, 6) is 0.827. The highest BCUT2D eigenvalue weighted by Gasteiger charge is 2.07. The van der Waals surface area contributed by atoms with Crippen molar-refractivity contribution in [3.63, 3.8) is 0 Å². The molecule has 0 radical (unpaired) electrons. The van der Waals surface area contributed by atoms with E-state index in [-0.39, 0.29) is 0 Å². The zero-order valence-corrected chi connectivity index (χ0v) is 6.93. The zero-order chi connectivity index (χ0) is 7.40. The smallest absolute Gasteiger partial charge is 0.0196 e. The standard InChI is InChI=1S/C10H16/c1-3-4-10-7-5-9(2)6-8-10/h3-5,10H,6-8H2,1-2H3/b4-3+. The Bertz CT molecular complexity index is 151. The summed E-state index contributed by atoms with van der Waals surface area (Å²) < 4.78 is 0. The molecular weight excluding hydrogens is 120 g/mol. The third kappa shape index (κ3) is 2.02. The fraction of sp³-hybridized carbons (Fsp3) is 0.600. The lowest BCUT2D eigenvalue weighted by Gasteiger charge is -2.16. The van der Waals surface area contributed by atoms with Gasteiger partial charge in [-0.05, 0) is 39.0 Å². The van der Waals surface area contributed by atoms with Gasteiger partial charge in [-0.1, -0.05) is 23.8 Å². The van der Waals surface area contributed by atoms with Gasteiger partial charge < -0.3 is 0 Å². The van der Waals surface area contributed by atoms with Crippen LogP contribution in [0.15, 0.2) is 23.8 Å². The number of allylic oxidation sites excluding steroid dienone is 4. The van der Waals surface area contributed by atoms with Gasteiger partial charge in [-0.25, -0.2) is 0 Å². The molecule has 0 saturated heterocycles. The average molecular weight is 136 g/mol. The molecule has 0 aliphatic heterocycles. The first-order valence-corrected chi connectivity index (χ1v) is 4.11. The second-order valence-electron chi connectivity index (χ2n) is 3.11. The summed E-state index contributed by atoms with van der Waals surface area (Å²) in [5.41, 5.74) is 1.57. The molecule has 1 aliphatic rings. The maximum Gasteiger partial charge on any atom is -0.0196 e. The Morgan fingerprint density at radius 1 is 1.60 bits per heavy atom. The van der Waals surface area contributed by atoms with Crippen molar-refractivity contribution < 1.29 is 0 Å². The summed E-state index contributed by atoms with van der Waals surface area (Å²) >= 11 is 0. The number of hydrogen-bond acceptors (Lipinski definition) is 0. The fourth-order valence-electron chi connectivity index (χ4n) is 1.43. The van der Waals surface area contributed by atoms with Crippen LogP contribution in [-0.2, 0) is 0 Å². The van der Waals surface area contributed by atoms with Crippen molar-refractivity contribution in [2.24, 2.45) is 5.92 Å². The maximum atomic E-state index is 2.37. The molecule has 0 amide bonds. The maximum absolute atomic E-state index is 2.37. The molecule has 1 aliphatic carbocycles. The normalized spacial score (nSPS) is 27.0. The Labute approximate surface area is 63.6 Å². The van der Waals surface area contributed by atoms with Gasteiger partial charge in [-0.15, -0.1) is 0 Å². The minimum Gasteiger partial charge on any atom is -0.0914 e. The molecule has 0 bridgehead atoms. The monoisotopic (exact) mass is 136 g/mol. The van der Waals surface area contributed by atoms with Crippen molar-refractivity contribution in [2.75, 3.05) is 0 Å². The molecular formula is C10H16. The van der Waals surface area contributed by atoms with Crippen LogP contribution in [0.5, 0.6) is 0 Å². The predicted molar refractivity (Wildman–Crippen MR) is 45.9 cm³/mol. The van der Waals surface area contributed by atoms with Crippen LogP contribution in [0.1, 0.15) is 33.1 Å². The minimum atomic E-state index is 0.827. The Morgan fingerprint density at radius 3 is 2.90 bits per heavy atom. The molecule has 0 heterocycles. The Balaban J connectivity index is 2.42. The molecule has 0 N–H and O–H groups in total. The van der Waals surface area contributed by atoms with Gasteiger partial charge in [0.05, 0.1) is 0 Å². The van der Waals surface area contributed by atoms with Gasteiger partial charge in [0.2, 0.25) is 0 Å². The van der Waals surface area contributed by atoms with E-state index in [1.165, 1.54) is 19.3 Å². The van der Waals surface area contributed by atoms with E-state index < -0.39 is 0 Å². The summed E-state index contributed by atoms with van der Waals surface area (Å²) in [6, 6.07) is 0. The van der Waals surface area contributed by atoms with Gasteiger partial charge in [0.25, 0.3) is 0 Å². The summed E-state index contributed by atoms with van der Waals surface area (Å²) in [6.07, 6.45) is 10.8. The summed E-state index contributed by atoms with van der Waals surface area (Å²) in [4.78, 5) is 0. The zero-order valence-electron chi connectivity index (χ0n) is 6.93. The van der Waals surface area contributed by atoms with Crippen LogP contribution in [0.4, 0.5) is 0 Å². The first kappa shape index (κ1) is 7.59. The second-order valence-corrected chi connectivity index (χ2v) is 3.11. The average Bonchev–Trinajstić information content (AvgIpc) is 1.95. The molecule has 56 valence electrons. The van der Waals surface area contributed by atoms with E-state index in [1.807, 2.05) is 0 Å². The van der Waals surface area contributed by atoms with Gasteiger partial charge in [0.1, 0.15) is 0 Å². The van der Waals surface area contributed by atoms with Crippen molar-refractivity contribution in [1.82, 2.24) is 0 Å². The van der Waals surface area contributed by atoms with Gasteiger partial charge in [0.15, 0.2) is 0 Å². The van der Waals surface area contributed by atoms with Gasteiger partial charge in [0, 0.05) is 0 Å². The van der Waals surface area contributed by atoms with Crippen molar-refractivity contribution in [3.05, 3.63) is 23.8 Å². The van der Waals surface area contributed by atoms with Crippen LogP contribution in [0.3, 0.4) is 0 Å². The molecule has 0 aromatic carbocycles. The van der Waals surface area contributed by atoms with Gasteiger partial charge >= 0.3 is 0 Å². The van der Waals surface area contributed by atoms with E-state index >= 15 is 0 Å². The highest BCUT2D eigenvalue weighted by molar-refractivity contribution is 5.06. The van der Waals surface area contributed by atoms with Crippen LogP contribution in [0.2, 0.25) is 0 Å². The lowest BCUT2D eigenvalue weighted by atomic mass is 9.90. The number of hydrogen-bond donors (Lipinski definition) is 0. The summed E-state index contributed by atoms with van der Waals surface area (Å²) in [6.45, 7) is 4.33. The third-order valence-corrected chi connectivity index (χ3v) is 2.14. The number of rotatable bonds is 1. The Hall–Kier alpha value is -0.520. The second kappa shape index (κ2) is 3.60. The first-order valence-electron chi connectivity index (χ1n) is 4.11. The molecule has 0 fully saturated rings. The molecule has 1 rings (SSSR count). The third-order valence-electron chi connectivity index (χ3n) is 2.14. The molecule has 0 spiro atoms. The highest BCUT2D eigenvalue weighted by Crippen LogP contribution is 2.23. The van der Waals surface area contributed by atoms with Gasteiger partial charge in [-0.3, -0.25) is 0 Å². The van der Waals surface area contributed by atoms with Crippen LogP contribution >= 0.6 is 0 Å². The van der Waals surface area contributed by atoms with E-state index in [4.69, 9.17) is 0 Å². The molecule has 0 aromatic heterocycles. The lowest BCUT2D eigenvalue weighted by Crippen LogP contribution is -2.00. The quantitative estimate of drug-likeness (QED) is 0.485. The predicted octanol–water partition coefficient (Wildman–Crippen LogP) is 3.31. The van der Waals surface area contributed by atoms with E-state index in [2.05, 4.69) is 32.1 Å². The molecule has 10 heavy (non-hydrogen) atoms. The molecule has 1 unspecified atom stereocenters. The van der Waals surface area contributed by atoms with Crippen LogP contribution in [0, 0.1) is 5.92 Å². The van der Waals surface area contributed by atoms with Crippen molar-refractivity contribution in [2.45, 2.75) is 33.1 Å². The van der Waals surface area contributed by atoms with Crippen LogP contribution in [0.25, 0.3) is 0 Å². The van der Waals surface area contributed by atoms with Crippen molar-refractivity contribution in [1.29, 1.82) is 0 Å². The molecule has 1 atom stereocenters. The molecule has 0 nitrogen and oxygen atoms in total. The highest BCUT2D eigenvalue weighted by atomic mass is 14.1. The lowest BCUT2D eigenvalue weighted by molar-refractivity contribution is 0.567. The van der Waals surface area contributed by atoms with Crippen LogP contribution < -0.4 is 0 Å². The topological polar surface area (TPSA) is 0 Å². The Kier molecular flexibility index (Phi) is 2.73. The minimum absolute atomic E-state index is 0.827. The van der Waals surface area contributed by atoms with E-state index in [9.17, 15) is 0 Å². The van der Waals surface area contributed by atoms with Crippen molar-refractivity contribution >= 4 is 0 Å². The van der Waals surface area contributed by atoms with Gasteiger partial charge in [-0.2, -0.15) is 0 Å². The first-order chi connectivity index (χ1) is 4.83. The summed E-state index contributed by atoms with van der Waals surface area (Å²) in [5, 5.41) is 0. The SMILES string of the molecule is C/C=C/C1CC=C(C)CC1. The molecule has 0 saturated carbocycles. The van der Waals surface area contributed by atoms with Crippen molar-refractivity contribution in [3.8, 4) is 0 Å². The van der Waals surface area contributed by atoms with E-state index in [1.54, 1.807) is 5.57 Å². The van der Waals surface area contributed by atoms with E-state index in [0.29, 0.717) is 0 Å². The molecule has 0 aromatic rings.